The molecule has 1 aliphatic heterocycles. The van der Waals surface area contributed by atoms with Crippen molar-refractivity contribution in [1.82, 2.24) is 5.32 Å². The molecular formula is C16H25BrN2. The Morgan fingerprint density at radius 2 is 1.84 bits per heavy atom. The summed E-state index contributed by atoms with van der Waals surface area (Å²) in [4.78, 5) is 2.59. The molecule has 1 heterocycles. The lowest BCUT2D eigenvalue weighted by atomic mass is 10.0. The SMILES string of the molecule is CCC1CN(c2cc(C)c(Br)c(C)c2)C(CC)CN1. The molecular weight excluding hydrogens is 300 g/mol. The number of nitrogens with zero attached hydrogens (tertiary/aromatic N) is 1. The Morgan fingerprint density at radius 3 is 2.37 bits per heavy atom. The number of piperazine rings is 1. The maximum atomic E-state index is 3.66. The van der Waals surface area contributed by atoms with E-state index in [1.807, 2.05) is 0 Å². The Balaban J connectivity index is 2.31. The van der Waals surface area contributed by atoms with Gasteiger partial charge in [-0.05, 0) is 49.9 Å². The molecule has 1 aliphatic rings. The van der Waals surface area contributed by atoms with E-state index in [1.54, 1.807) is 0 Å². The van der Waals surface area contributed by atoms with E-state index in [-0.39, 0.29) is 0 Å². The van der Waals surface area contributed by atoms with E-state index in [1.165, 1.54) is 34.1 Å². The number of hydrogen-bond acceptors (Lipinski definition) is 2. The van der Waals surface area contributed by atoms with Gasteiger partial charge in [0.1, 0.15) is 0 Å². The number of anilines is 1. The van der Waals surface area contributed by atoms with E-state index in [9.17, 15) is 0 Å². The first-order valence-corrected chi connectivity index (χ1v) is 8.12. The Kier molecular flexibility index (Phi) is 4.91. The lowest BCUT2D eigenvalue weighted by molar-refractivity contribution is 0.379. The summed E-state index contributed by atoms with van der Waals surface area (Å²) >= 11 is 3.66. The predicted octanol–water partition coefficient (Wildman–Crippen LogP) is 4.03. The molecule has 3 heteroatoms. The Hall–Kier alpha value is -0.540. The van der Waals surface area contributed by atoms with Gasteiger partial charge in [-0.25, -0.2) is 0 Å². The summed E-state index contributed by atoms with van der Waals surface area (Å²) in [6.07, 6.45) is 2.39. The molecule has 1 saturated heterocycles. The monoisotopic (exact) mass is 324 g/mol. The van der Waals surface area contributed by atoms with Crippen LogP contribution in [-0.2, 0) is 0 Å². The predicted molar refractivity (Wildman–Crippen MR) is 87.1 cm³/mol. The average molecular weight is 325 g/mol. The van der Waals surface area contributed by atoms with Crippen LogP contribution in [-0.4, -0.2) is 25.2 Å². The van der Waals surface area contributed by atoms with E-state index >= 15 is 0 Å². The standard InChI is InChI=1S/C16H25BrN2/c1-5-13-10-19(14(6-2)9-18-13)15-7-11(3)16(17)12(4)8-15/h7-8,13-14,18H,5-6,9-10H2,1-4H3. The fourth-order valence-corrected chi connectivity index (χ4v) is 3.14. The van der Waals surface area contributed by atoms with Gasteiger partial charge >= 0.3 is 0 Å². The first kappa shape index (κ1) is 14.9. The van der Waals surface area contributed by atoms with Gasteiger partial charge in [0.15, 0.2) is 0 Å². The summed E-state index contributed by atoms with van der Waals surface area (Å²) < 4.78 is 1.24. The molecule has 0 spiro atoms. The first-order valence-electron chi connectivity index (χ1n) is 7.33. The van der Waals surface area contributed by atoms with Gasteiger partial charge in [0.25, 0.3) is 0 Å². The summed E-state index contributed by atoms with van der Waals surface area (Å²) in [5, 5.41) is 3.66. The van der Waals surface area contributed by atoms with Gasteiger partial charge in [0, 0.05) is 35.3 Å². The lowest BCUT2D eigenvalue weighted by Gasteiger charge is -2.42. The Bertz CT molecular complexity index is 421. The fourth-order valence-electron chi connectivity index (χ4n) is 2.91. The lowest BCUT2D eigenvalue weighted by Crippen LogP contribution is -2.56. The molecule has 0 bridgehead atoms. The van der Waals surface area contributed by atoms with Gasteiger partial charge in [-0.15, -0.1) is 0 Å². The molecule has 2 atom stereocenters. The smallest absolute Gasteiger partial charge is 0.0412 e. The van der Waals surface area contributed by atoms with Crippen molar-refractivity contribution in [2.24, 2.45) is 0 Å². The van der Waals surface area contributed by atoms with Gasteiger partial charge in [0.2, 0.25) is 0 Å². The highest BCUT2D eigenvalue weighted by atomic mass is 79.9. The fraction of sp³-hybridized carbons (Fsp3) is 0.625. The molecule has 1 aromatic rings. The Morgan fingerprint density at radius 1 is 1.21 bits per heavy atom. The molecule has 0 amide bonds. The molecule has 1 aromatic carbocycles. The zero-order valence-electron chi connectivity index (χ0n) is 12.5. The van der Waals surface area contributed by atoms with Crippen LogP contribution in [0.1, 0.15) is 37.8 Å². The molecule has 0 aliphatic carbocycles. The minimum atomic E-state index is 0.614. The summed E-state index contributed by atoms with van der Waals surface area (Å²) in [5.74, 6) is 0. The van der Waals surface area contributed by atoms with Gasteiger partial charge in [-0.1, -0.05) is 29.8 Å². The van der Waals surface area contributed by atoms with Crippen LogP contribution in [0, 0.1) is 13.8 Å². The molecule has 19 heavy (non-hydrogen) atoms. The van der Waals surface area contributed by atoms with Crippen molar-refractivity contribution in [2.75, 3.05) is 18.0 Å². The van der Waals surface area contributed by atoms with Gasteiger partial charge < -0.3 is 10.2 Å². The molecule has 1 N–H and O–H groups in total. The van der Waals surface area contributed by atoms with E-state index < -0.39 is 0 Å². The van der Waals surface area contributed by atoms with Crippen LogP contribution < -0.4 is 10.2 Å². The zero-order valence-corrected chi connectivity index (χ0v) is 14.0. The number of benzene rings is 1. The van der Waals surface area contributed by atoms with Crippen molar-refractivity contribution in [1.29, 1.82) is 0 Å². The van der Waals surface area contributed by atoms with E-state index in [0.29, 0.717) is 12.1 Å². The summed E-state index contributed by atoms with van der Waals surface area (Å²) in [7, 11) is 0. The molecule has 2 unspecified atom stereocenters. The highest BCUT2D eigenvalue weighted by molar-refractivity contribution is 9.10. The average Bonchev–Trinajstić information content (AvgIpc) is 2.43. The minimum absolute atomic E-state index is 0.614. The topological polar surface area (TPSA) is 15.3 Å². The van der Waals surface area contributed by atoms with Gasteiger partial charge in [-0.3, -0.25) is 0 Å². The zero-order chi connectivity index (χ0) is 14.0. The molecule has 0 aromatic heterocycles. The second-order valence-electron chi connectivity index (χ2n) is 5.62. The van der Waals surface area contributed by atoms with Crippen LogP contribution in [0.25, 0.3) is 0 Å². The van der Waals surface area contributed by atoms with Crippen molar-refractivity contribution in [2.45, 2.75) is 52.6 Å². The van der Waals surface area contributed by atoms with E-state index in [2.05, 4.69) is 66.0 Å². The third-order valence-corrected chi connectivity index (χ3v) is 5.47. The Labute approximate surface area is 125 Å². The van der Waals surface area contributed by atoms with Crippen molar-refractivity contribution in [3.05, 3.63) is 27.7 Å². The van der Waals surface area contributed by atoms with Crippen molar-refractivity contribution in [3.8, 4) is 0 Å². The number of rotatable bonds is 3. The van der Waals surface area contributed by atoms with Crippen LogP contribution >= 0.6 is 15.9 Å². The molecule has 1 fully saturated rings. The molecule has 2 rings (SSSR count). The number of aryl methyl sites for hydroxylation is 2. The second-order valence-corrected chi connectivity index (χ2v) is 6.41. The van der Waals surface area contributed by atoms with Crippen LogP contribution in [0.3, 0.4) is 0 Å². The first-order chi connectivity index (χ1) is 9.06. The third kappa shape index (κ3) is 3.14. The van der Waals surface area contributed by atoms with Crippen molar-refractivity contribution < 1.29 is 0 Å². The van der Waals surface area contributed by atoms with Gasteiger partial charge in [0.05, 0.1) is 0 Å². The van der Waals surface area contributed by atoms with Crippen LogP contribution in [0.5, 0.6) is 0 Å². The van der Waals surface area contributed by atoms with E-state index in [4.69, 9.17) is 0 Å². The van der Waals surface area contributed by atoms with Crippen LogP contribution in [0.15, 0.2) is 16.6 Å². The van der Waals surface area contributed by atoms with Crippen LogP contribution in [0.2, 0.25) is 0 Å². The number of nitrogens with one attached hydrogen (secondary N) is 1. The maximum absolute atomic E-state index is 3.66. The minimum Gasteiger partial charge on any atom is -0.366 e. The third-order valence-electron chi connectivity index (χ3n) is 4.22. The van der Waals surface area contributed by atoms with E-state index in [0.717, 1.165) is 13.1 Å². The number of halogens is 1. The van der Waals surface area contributed by atoms with Gasteiger partial charge in [-0.2, -0.15) is 0 Å². The van der Waals surface area contributed by atoms with Crippen molar-refractivity contribution >= 4 is 21.6 Å². The molecule has 0 radical (unpaired) electrons. The largest absolute Gasteiger partial charge is 0.366 e. The second kappa shape index (κ2) is 6.27. The summed E-state index contributed by atoms with van der Waals surface area (Å²) in [6, 6.07) is 5.87. The quantitative estimate of drug-likeness (QED) is 0.902. The summed E-state index contributed by atoms with van der Waals surface area (Å²) in [5.41, 5.74) is 4.04. The maximum Gasteiger partial charge on any atom is 0.0412 e. The molecule has 0 saturated carbocycles. The number of hydrogen-bond donors (Lipinski definition) is 1. The molecule has 2 nitrogen and oxygen atoms in total. The van der Waals surface area contributed by atoms with Crippen LogP contribution in [0.4, 0.5) is 5.69 Å². The molecule has 106 valence electrons. The highest BCUT2D eigenvalue weighted by Gasteiger charge is 2.26. The normalized spacial score (nSPS) is 23.7. The van der Waals surface area contributed by atoms with Crippen molar-refractivity contribution in [3.63, 3.8) is 0 Å². The highest BCUT2D eigenvalue weighted by Crippen LogP contribution is 2.29. The summed E-state index contributed by atoms with van der Waals surface area (Å²) in [6.45, 7) is 11.1.